The Morgan fingerprint density at radius 3 is 2.18 bits per heavy atom. The first-order valence-electron chi connectivity index (χ1n) is 14.6. The molecule has 6 rings (SSSR count). The van der Waals surface area contributed by atoms with Crippen molar-refractivity contribution in [2.75, 3.05) is 7.11 Å². The van der Waals surface area contributed by atoms with Crippen LogP contribution in [0.1, 0.15) is 40.5 Å². The zero-order valence-corrected chi connectivity index (χ0v) is 25.4. The number of nitrogens with one attached hydrogen (secondary N) is 1. The first kappa shape index (κ1) is 29.0. The number of methoxy groups -OCH3 is 1. The van der Waals surface area contributed by atoms with Gasteiger partial charge in [0.05, 0.1) is 41.3 Å². The Morgan fingerprint density at radius 1 is 0.977 bits per heavy atom. The van der Waals surface area contributed by atoms with Crippen molar-refractivity contribution in [2.45, 2.75) is 40.5 Å². The van der Waals surface area contributed by atoms with E-state index < -0.39 is 17.9 Å². The lowest BCUT2D eigenvalue weighted by Crippen LogP contribution is -2.25. The van der Waals surface area contributed by atoms with Crippen molar-refractivity contribution in [1.29, 1.82) is 0 Å². The number of carbonyl (C=O) groups excluding carboxylic acids is 1. The minimum atomic E-state index is -1.10. The average molecular weight is 591 g/mol. The number of allylic oxidation sites excluding steroid dienone is 11. The van der Waals surface area contributed by atoms with Crippen molar-refractivity contribution in [2.24, 2.45) is 32.7 Å². The molecule has 5 aliphatic heterocycles. The number of aliphatic hydroxyl groups excluding tert-OH is 1. The molecule has 0 amide bonds. The monoisotopic (exact) mass is 590 g/mol. The third-order valence-corrected chi connectivity index (χ3v) is 9.30. The molecule has 5 heterocycles. The molecule has 0 radical (unpaired) electrons. The zero-order chi connectivity index (χ0) is 31.6. The van der Waals surface area contributed by atoms with Crippen molar-refractivity contribution < 1.29 is 24.5 Å². The summed E-state index contributed by atoms with van der Waals surface area (Å²) in [5.74, 6) is -3.22. The summed E-state index contributed by atoms with van der Waals surface area (Å²) in [5, 5.41) is 24.7. The number of nitrogens with zero attached hydrogens (tertiary/aromatic N) is 3. The molecule has 0 saturated carbocycles. The molecular formula is C35H34N4O5. The summed E-state index contributed by atoms with van der Waals surface area (Å²) in [5.41, 5.74) is 10.8. The molecule has 0 aromatic heterocycles. The van der Waals surface area contributed by atoms with E-state index in [0.29, 0.717) is 45.9 Å². The van der Waals surface area contributed by atoms with Gasteiger partial charge in [0.2, 0.25) is 0 Å². The van der Waals surface area contributed by atoms with Crippen LogP contribution in [0.2, 0.25) is 0 Å². The third kappa shape index (κ3) is 4.25. The fourth-order valence-electron chi connectivity index (χ4n) is 6.83. The van der Waals surface area contributed by atoms with Crippen LogP contribution in [0.15, 0.2) is 132 Å². The Labute approximate surface area is 255 Å². The van der Waals surface area contributed by atoms with E-state index in [1.807, 2.05) is 45.9 Å². The molecule has 44 heavy (non-hydrogen) atoms. The second kappa shape index (κ2) is 10.6. The first-order valence-corrected chi connectivity index (χ1v) is 14.6. The highest BCUT2D eigenvalue weighted by Gasteiger charge is 2.49. The van der Waals surface area contributed by atoms with Gasteiger partial charge in [0.15, 0.2) is 0 Å². The normalized spacial score (nSPS) is 25.5. The Bertz CT molecular complexity index is 1850. The second-order valence-electron chi connectivity index (χ2n) is 11.6. The SMILES string of the molecule is C=CC1=C(C)C2=NC1=CC1=C(C)C3=C(O)[C@H](C(=O)OC)C(=C4NC(=CC5=NC(=C2)C(C=C)=C5C)[C@@H](C)[C@@H]4CCC(=O)O)C3=N1. The van der Waals surface area contributed by atoms with Gasteiger partial charge in [-0.15, -0.1) is 0 Å². The number of carboxylic acid groups (broad SMARTS) is 1. The maximum atomic E-state index is 13.2. The van der Waals surface area contributed by atoms with Crippen LogP contribution >= 0.6 is 0 Å². The molecule has 6 aliphatic rings. The van der Waals surface area contributed by atoms with E-state index in [-0.39, 0.29) is 24.0 Å². The van der Waals surface area contributed by atoms with E-state index in [2.05, 4.69) is 18.5 Å². The molecule has 0 unspecified atom stereocenters. The molecule has 0 spiro atoms. The van der Waals surface area contributed by atoms with Gasteiger partial charge in [0.25, 0.3) is 0 Å². The quantitative estimate of drug-likeness (QED) is 0.331. The van der Waals surface area contributed by atoms with Crippen LogP contribution < -0.4 is 5.32 Å². The molecule has 3 atom stereocenters. The number of aliphatic hydroxyl groups is 1. The van der Waals surface area contributed by atoms with Gasteiger partial charge < -0.3 is 20.3 Å². The fraction of sp³-hybridized carbons (Fsp3) is 0.286. The van der Waals surface area contributed by atoms with Gasteiger partial charge in [-0.25, -0.2) is 15.0 Å². The second-order valence-corrected chi connectivity index (χ2v) is 11.6. The number of fused-ring (bicyclic) bond motifs is 5. The van der Waals surface area contributed by atoms with Crippen LogP contribution in [0, 0.1) is 17.8 Å². The van der Waals surface area contributed by atoms with Gasteiger partial charge in [0, 0.05) is 51.9 Å². The van der Waals surface area contributed by atoms with E-state index in [9.17, 15) is 19.8 Å². The minimum Gasteiger partial charge on any atom is -0.510 e. The summed E-state index contributed by atoms with van der Waals surface area (Å²) >= 11 is 0. The number of aliphatic imine (C=N–C) groups is 3. The predicted molar refractivity (Wildman–Crippen MR) is 170 cm³/mol. The summed E-state index contributed by atoms with van der Waals surface area (Å²) in [4.78, 5) is 39.8. The Kier molecular flexibility index (Phi) is 6.99. The number of carbonyl (C=O) groups is 2. The van der Waals surface area contributed by atoms with Gasteiger partial charge in [-0.3, -0.25) is 9.59 Å². The van der Waals surface area contributed by atoms with Crippen molar-refractivity contribution >= 4 is 29.1 Å². The van der Waals surface area contributed by atoms with Gasteiger partial charge >= 0.3 is 11.9 Å². The highest BCUT2D eigenvalue weighted by Crippen LogP contribution is 2.49. The van der Waals surface area contributed by atoms with Crippen LogP contribution in [-0.4, -0.2) is 46.4 Å². The van der Waals surface area contributed by atoms with E-state index in [1.54, 1.807) is 12.2 Å². The van der Waals surface area contributed by atoms with Gasteiger partial charge in [0.1, 0.15) is 11.7 Å². The maximum absolute atomic E-state index is 13.2. The molecule has 9 nitrogen and oxygen atoms in total. The number of aliphatic carboxylic acids is 1. The summed E-state index contributed by atoms with van der Waals surface area (Å²) in [6.07, 6.45) is 9.59. The van der Waals surface area contributed by atoms with Crippen molar-refractivity contribution in [1.82, 2.24) is 5.32 Å². The lowest BCUT2D eigenvalue weighted by Gasteiger charge is -2.20. The van der Waals surface area contributed by atoms with Crippen LogP contribution in [0.3, 0.4) is 0 Å². The lowest BCUT2D eigenvalue weighted by molar-refractivity contribution is -0.143. The molecular weight excluding hydrogens is 556 g/mol. The van der Waals surface area contributed by atoms with Crippen LogP contribution in [0.4, 0.5) is 0 Å². The number of esters is 1. The number of ether oxygens (including phenoxy) is 1. The molecule has 8 bridgehead atoms. The van der Waals surface area contributed by atoms with E-state index in [0.717, 1.165) is 45.1 Å². The van der Waals surface area contributed by atoms with Gasteiger partial charge in [-0.2, -0.15) is 0 Å². The third-order valence-electron chi connectivity index (χ3n) is 9.30. The summed E-state index contributed by atoms with van der Waals surface area (Å²) in [6, 6.07) is 0. The van der Waals surface area contributed by atoms with Crippen molar-refractivity contribution in [3.05, 3.63) is 117 Å². The fourth-order valence-corrected chi connectivity index (χ4v) is 6.83. The average Bonchev–Trinajstić information content (AvgIpc) is 3.72. The van der Waals surface area contributed by atoms with Crippen LogP contribution in [-0.2, 0) is 14.3 Å². The number of hydrogen-bond donors (Lipinski definition) is 3. The van der Waals surface area contributed by atoms with Crippen molar-refractivity contribution in [3.63, 3.8) is 0 Å². The summed E-state index contributed by atoms with van der Waals surface area (Å²) in [7, 11) is 1.28. The molecule has 224 valence electrons. The molecule has 0 aromatic rings. The Morgan fingerprint density at radius 2 is 1.59 bits per heavy atom. The number of hydrogen-bond acceptors (Lipinski definition) is 8. The van der Waals surface area contributed by atoms with Crippen LogP contribution in [0.25, 0.3) is 0 Å². The van der Waals surface area contributed by atoms with Crippen molar-refractivity contribution in [3.8, 4) is 0 Å². The Hall–Kier alpha value is -5.05. The van der Waals surface area contributed by atoms with Gasteiger partial charge in [-0.05, 0) is 62.1 Å². The molecule has 1 fully saturated rings. The number of carboxylic acids is 1. The lowest BCUT2D eigenvalue weighted by atomic mass is 9.84. The summed E-state index contributed by atoms with van der Waals surface area (Å²) in [6.45, 7) is 15.9. The smallest absolute Gasteiger partial charge is 0.321 e. The van der Waals surface area contributed by atoms with E-state index in [1.165, 1.54) is 7.11 Å². The molecule has 0 aromatic carbocycles. The highest BCUT2D eigenvalue weighted by molar-refractivity contribution is 6.24. The molecule has 3 N–H and O–H groups in total. The minimum absolute atomic E-state index is 0.0689. The Balaban J connectivity index is 1.68. The first-order chi connectivity index (χ1) is 21.0. The standard InChI is InChI=1S/C35H34N4O5/c1-8-19-15(3)22-12-24-17(5)21(10-11-28(40)41)32(38-24)30-31(35(43)44-7)34(42)29-18(6)25(39-33(29)30)14-27-20(9-2)16(4)23(37-27)13-26(19)36-22/h8-9,12-14,17,21,31,38,42H,1-2,10-11H2,3-7H3,(H,40,41)/t17-,21-,31+/m0/s1. The zero-order valence-electron chi connectivity index (χ0n) is 25.4. The maximum Gasteiger partial charge on any atom is 0.321 e. The molecule has 9 heteroatoms. The topological polar surface area (TPSA) is 133 Å². The molecule has 1 saturated heterocycles. The molecule has 1 aliphatic carbocycles. The largest absolute Gasteiger partial charge is 0.510 e. The van der Waals surface area contributed by atoms with Crippen LogP contribution in [0.5, 0.6) is 0 Å². The summed E-state index contributed by atoms with van der Waals surface area (Å²) < 4.78 is 5.16. The highest BCUT2D eigenvalue weighted by atomic mass is 16.5. The van der Waals surface area contributed by atoms with Gasteiger partial charge in [-0.1, -0.05) is 32.2 Å². The number of rotatable bonds is 6. The predicted octanol–water partition coefficient (Wildman–Crippen LogP) is 5.88. The van der Waals surface area contributed by atoms with E-state index >= 15 is 0 Å². The van der Waals surface area contributed by atoms with E-state index in [4.69, 9.17) is 19.7 Å².